The Balaban J connectivity index is 1.71. The molecule has 28 heavy (non-hydrogen) atoms. The molecule has 0 radical (unpaired) electrons. The van der Waals surface area contributed by atoms with E-state index in [4.69, 9.17) is 0 Å². The topological polar surface area (TPSA) is 57.7 Å². The lowest BCUT2D eigenvalue weighted by atomic mass is 10.1. The van der Waals surface area contributed by atoms with Crippen molar-refractivity contribution in [1.29, 1.82) is 0 Å². The van der Waals surface area contributed by atoms with Crippen LogP contribution in [0.3, 0.4) is 0 Å². The van der Waals surface area contributed by atoms with E-state index in [2.05, 4.69) is 24.3 Å². The number of thioether (sulfide) groups is 1. The fraction of sp³-hybridized carbons (Fsp3) is 0.381. The van der Waals surface area contributed by atoms with Gasteiger partial charge in [0.2, 0.25) is 5.91 Å². The average Bonchev–Trinajstić information content (AvgIpc) is 3.02. The maximum absolute atomic E-state index is 13.1. The lowest BCUT2D eigenvalue weighted by Gasteiger charge is -2.30. The van der Waals surface area contributed by atoms with E-state index in [1.807, 2.05) is 48.5 Å². The molecule has 150 valence electrons. The molecular formula is C21H26N2O3S2. The normalized spacial score (nSPS) is 18.3. The summed E-state index contributed by atoms with van der Waals surface area (Å²) in [4.78, 5) is 18.0. The van der Waals surface area contributed by atoms with Crippen LogP contribution in [0.25, 0.3) is 0 Å². The van der Waals surface area contributed by atoms with Crippen LogP contribution in [0, 0.1) is 0 Å². The molecule has 1 heterocycles. The lowest BCUT2D eigenvalue weighted by molar-refractivity contribution is -0.120. The maximum Gasteiger partial charge on any atom is 0.241 e. The summed E-state index contributed by atoms with van der Waals surface area (Å²) >= 11 is 1.70. The summed E-state index contributed by atoms with van der Waals surface area (Å²) in [5, 5.41) is 0. The first kappa shape index (κ1) is 20.9. The zero-order valence-corrected chi connectivity index (χ0v) is 17.9. The second-order valence-corrected chi connectivity index (χ2v) is 10.3. The molecule has 0 saturated carbocycles. The highest BCUT2D eigenvalue weighted by atomic mass is 32.2. The number of sulfone groups is 1. The number of benzene rings is 2. The maximum atomic E-state index is 13.1. The van der Waals surface area contributed by atoms with E-state index in [9.17, 15) is 13.2 Å². The van der Waals surface area contributed by atoms with Crippen LogP contribution in [0.4, 0.5) is 5.69 Å². The molecule has 1 atom stereocenters. The second-order valence-electron chi connectivity index (χ2n) is 7.18. The highest BCUT2D eigenvalue weighted by molar-refractivity contribution is 7.98. The van der Waals surface area contributed by atoms with Crippen molar-refractivity contribution in [2.45, 2.75) is 23.9 Å². The molecule has 1 amide bonds. The fourth-order valence-electron chi connectivity index (χ4n) is 3.53. The van der Waals surface area contributed by atoms with Gasteiger partial charge >= 0.3 is 0 Å². The number of carbonyl (C=O) groups excluding carboxylic acids is 1. The van der Waals surface area contributed by atoms with E-state index < -0.39 is 9.84 Å². The third-order valence-corrected chi connectivity index (χ3v) is 7.39. The number of anilines is 1. The van der Waals surface area contributed by atoms with Gasteiger partial charge in [-0.05, 0) is 49.6 Å². The van der Waals surface area contributed by atoms with Gasteiger partial charge in [0.1, 0.15) is 0 Å². The van der Waals surface area contributed by atoms with Gasteiger partial charge in [-0.2, -0.15) is 0 Å². The predicted molar refractivity (Wildman–Crippen MR) is 116 cm³/mol. The van der Waals surface area contributed by atoms with Gasteiger partial charge in [0.15, 0.2) is 9.84 Å². The summed E-state index contributed by atoms with van der Waals surface area (Å²) in [6, 6.07) is 17.4. The predicted octanol–water partition coefficient (Wildman–Crippen LogP) is 3.06. The summed E-state index contributed by atoms with van der Waals surface area (Å²) in [6.45, 7) is 0.891. The molecule has 0 N–H and O–H groups in total. The van der Waals surface area contributed by atoms with Crippen molar-refractivity contribution in [3.05, 3.63) is 60.2 Å². The van der Waals surface area contributed by atoms with Crippen LogP contribution < -0.4 is 4.90 Å². The summed E-state index contributed by atoms with van der Waals surface area (Å²) in [6.07, 6.45) is 2.53. The minimum Gasteiger partial charge on any atom is -0.307 e. The van der Waals surface area contributed by atoms with Gasteiger partial charge < -0.3 is 4.90 Å². The summed E-state index contributed by atoms with van der Waals surface area (Å²) < 4.78 is 23.9. The van der Waals surface area contributed by atoms with E-state index in [1.165, 1.54) is 4.90 Å². The monoisotopic (exact) mass is 418 g/mol. The van der Waals surface area contributed by atoms with Gasteiger partial charge in [-0.3, -0.25) is 9.69 Å². The Labute approximate surface area is 171 Å². The number of hydrogen-bond donors (Lipinski definition) is 0. The van der Waals surface area contributed by atoms with Crippen molar-refractivity contribution >= 4 is 33.2 Å². The van der Waals surface area contributed by atoms with Gasteiger partial charge in [-0.25, -0.2) is 8.42 Å². The highest BCUT2D eigenvalue weighted by Gasteiger charge is 2.35. The minimum absolute atomic E-state index is 0.0352. The van der Waals surface area contributed by atoms with Crippen LogP contribution in [0.2, 0.25) is 0 Å². The number of carbonyl (C=O) groups is 1. The molecule has 0 aliphatic carbocycles. The molecule has 1 fully saturated rings. The molecule has 7 heteroatoms. The standard InChI is InChI=1S/C21H26N2O3S2/c1-22(14-17-8-10-20(27-2)11-9-17)15-21(24)23(18-6-4-3-5-7-18)19-12-13-28(25,26)16-19/h3-11,19H,12-16H2,1-2H3/t19-/m0/s1. The summed E-state index contributed by atoms with van der Waals surface area (Å²) in [5.41, 5.74) is 1.90. The summed E-state index contributed by atoms with van der Waals surface area (Å²) in [7, 11) is -1.16. The van der Waals surface area contributed by atoms with Crippen molar-refractivity contribution in [2.24, 2.45) is 0 Å². The quantitative estimate of drug-likeness (QED) is 0.647. The van der Waals surface area contributed by atoms with Crippen LogP contribution in [-0.4, -0.2) is 56.6 Å². The molecule has 2 aromatic carbocycles. The number of likely N-dealkylation sites (N-methyl/N-ethyl adjacent to an activating group) is 1. The first-order valence-corrected chi connectivity index (χ1v) is 12.3. The van der Waals surface area contributed by atoms with Crippen LogP contribution >= 0.6 is 11.8 Å². The molecule has 3 rings (SSSR count). The van der Waals surface area contributed by atoms with Crippen molar-refractivity contribution in [1.82, 2.24) is 4.90 Å². The molecule has 1 saturated heterocycles. The number of nitrogens with zero attached hydrogens (tertiary/aromatic N) is 2. The van der Waals surface area contributed by atoms with Gasteiger partial charge in [0, 0.05) is 17.1 Å². The van der Waals surface area contributed by atoms with Crippen molar-refractivity contribution in [2.75, 3.05) is 36.3 Å². The van der Waals surface area contributed by atoms with Crippen LogP contribution in [0.5, 0.6) is 0 Å². The molecule has 1 aliphatic heterocycles. The second kappa shape index (κ2) is 9.11. The molecular weight excluding hydrogens is 392 g/mol. The zero-order valence-electron chi connectivity index (χ0n) is 16.2. The Kier molecular flexibility index (Phi) is 6.80. The lowest BCUT2D eigenvalue weighted by Crippen LogP contribution is -2.45. The SMILES string of the molecule is CSc1ccc(CN(C)CC(=O)N(c2ccccc2)[C@H]2CCS(=O)(=O)C2)cc1. The minimum atomic E-state index is -3.08. The largest absolute Gasteiger partial charge is 0.307 e. The Hall–Kier alpha value is -1.83. The molecule has 0 spiro atoms. The van der Waals surface area contributed by atoms with E-state index in [0.29, 0.717) is 13.0 Å². The first-order valence-electron chi connectivity index (χ1n) is 9.27. The summed E-state index contributed by atoms with van der Waals surface area (Å²) in [5.74, 6) is 0.107. The number of amides is 1. The number of para-hydroxylation sites is 1. The highest BCUT2D eigenvalue weighted by Crippen LogP contribution is 2.25. The van der Waals surface area contributed by atoms with Crippen molar-refractivity contribution < 1.29 is 13.2 Å². The average molecular weight is 419 g/mol. The van der Waals surface area contributed by atoms with Gasteiger partial charge in [0.25, 0.3) is 0 Å². The van der Waals surface area contributed by atoms with Gasteiger partial charge in [-0.1, -0.05) is 30.3 Å². The molecule has 0 bridgehead atoms. The van der Waals surface area contributed by atoms with E-state index >= 15 is 0 Å². The Morgan fingerprint density at radius 1 is 1.11 bits per heavy atom. The number of hydrogen-bond acceptors (Lipinski definition) is 5. The van der Waals surface area contributed by atoms with Gasteiger partial charge in [0.05, 0.1) is 24.1 Å². The fourth-order valence-corrected chi connectivity index (χ4v) is 5.64. The van der Waals surface area contributed by atoms with Gasteiger partial charge in [-0.15, -0.1) is 11.8 Å². The molecule has 1 aliphatic rings. The number of rotatable bonds is 7. The van der Waals surface area contributed by atoms with E-state index in [1.54, 1.807) is 16.7 Å². The van der Waals surface area contributed by atoms with Crippen LogP contribution in [0.1, 0.15) is 12.0 Å². The van der Waals surface area contributed by atoms with Crippen LogP contribution in [-0.2, 0) is 21.2 Å². The smallest absolute Gasteiger partial charge is 0.241 e. The Bertz CT molecular complexity index is 899. The Morgan fingerprint density at radius 3 is 2.36 bits per heavy atom. The first-order chi connectivity index (χ1) is 13.4. The third-order valence-electron chi connectivity index (χ3n) is 4.89. The van der Waals surface area contributed by atoms with E-state index in [0.717, 1.165) is 11.3 Å². The molecule has 5 nitrogen and oxygen atoms in total. The zero-order chi connectivity index (χ0) is 20.1. The van der Waals surface area contributed by atoms with Crippen molar-refractivity contribution in [3.8, 4) is 0 Å². The van der Waals surface area contributed by atoms with E-state index in [-0.39, 0.29) is 30.0 Å². The molecule has 2 aromatic rings. The third kappa shape index (κ3) is 5.37. The van der Waals surface area contributed by atoms with Crippen molar-refractivity contribution in [3.63, 3.8) is 0 Å². The van der Waals surface area contributed by atoms with Crippen LogP contribution in [0.15, 0.2) is 59.5 Å². The Morgan fingerprint density at radius 2 is 1.79 bits per heavy atom. The molecule has 0 unspecified atom stereocenters. The molecule has 0 aromatic heterocycles.